The largest absolute Gasteiger partial charge is 0.379 e. The van der Waals surface area contributed by atoms with Gasteiger partial charge >= 0.3 is 0 Å². The fourth-order valence-electron chi connectivity index (χ4n) is 5.09. The SMILES string of the molecule is CCCCc1ncccc1C(=O)Nc1cccc(-c2cn(C)c(=O)c(Nc3ccc(CN4CCOCC4)cc3)n2)c1C. The number of carbonyl (C=O) groups is 1. The average Bonchev–Trinajstić information content (AvgIpc) is 3.01. The zero-order valence-corrected chi connectivity index (χ0v) is 24.5. The van der Waals surface area contributed by atoms with Crippen LogP contribution in [0.5, 0.6) is 0 Å². The molecule has 1 aliphatic heterocycles. The molecule has 0 radical (unpaired) electrons. The Morgan fingerprint density at radius 3 is 2.60 bits per heavy atom. The number of carbonyl (C=O) groups excluding carboxylic acids is 1. The van der Waals surface area contributed by atoms with Crippen molar-refractivity contribution in [1.29, 1.82) is 0 Å². The van der Waals surface area contributed by atoms with E-state index in [1.54, 1.807) is 25.5 Å². The number of rotatable bonds is 10. The van der Waals surface area contributed by atoms with Crippen LogP contribution >= 0.6 is 0 Å². The summed E-state index contributed by atoms with van der Waals surface area (Å²) in [5.41, 5.74) is 6.14. The first-order chi connectivity index (χ1) is 20.4. The van der Waals surface area contributed by atoms with Crippen LogP contribution < -0.4 is 16.2 Å². The number of aryl methyl sites for hydroxylation is 2. The van der Waals surface area contributed by atoms with Crippen LogP contribution in [0.15, 0.2) is 71.8 Å². The Hall–Kier alpha value is -4.34. The molecule has 0 bridgehead atoms. The minimum Gasteiger partial charge on any atom is -0.379 e. The van der Waals surface area contributed by atoms with Gasteiger partial charge in [0.2, 0.25) is 0 Å². The molecule has 0 spiro atoms. The second-order valence-electron chi connectivity index (χ2n) is 10.6. The molecule has 1 amide bonds. The van der Waals surface area contributed by atoms with Gasteiger partial charge in [0.1, 0.15) is 0 Å². The van der Waals surface area contributed by atoms with E-state index in [2.05, 4.69) is 39.6 Å². The lowest BCUT2D eigenvalue weighted by Crippen LogP contribution is -2.35. The number of hydrogen-bond donors (Lipinski definition) is 2. The van der Waals surface area contributed by atoms with Crippen molar-refractivity contribution in [3.63, 3.8) is 0 Å². The fraction of sp³-hybridized carbons (Fsp3) is 0.333. The quantitative estimate of drug-likeness (QED) is 0.268. The van der Waals surface area contributed by atoms with Crippen molar-refractivity contribution in [2.45, 2.75) is 39.7 Å². The van der Waals surface area contributed by atoms with Gasteiger partial charge < -0.3 is 19.9 Å². The molecule has 1 aliphatic rings. The van der Waals surface area contributed by atoms with Crippen LogP contribution in [0.25, 0.3) is 11.3 Å². The van der Waals surface area contributed by atoms with Crippen LogP contribution in [0.2, 0.25) is 0 Å². The average molecular weight is 567 g/mol. The van der Waals surface area contributed by atoms with Gasteiger partial charge in [0.25, 0.3) is 11.5 Å². The summed E-state index contributed by atoms with van der Waals surface area (Å²) in [5.74, 6) is 0.0444. The number of nitrogens with zero attached hydrogens (tertiary/aromatic N) is 4. The van der Waals surface area contributed by atoms with Gasteiger partial charge in [0.05, 0.1) is 30.2 Å². The van der Waals surface area contributed by atoms with Crippen molar-refractivity contribution in [2.24, 2.45) is 7.05 Å². The molecule has 42 heavy (non-hydrogen) atoms. The van der Waals surface area contributed by atoms with Crippen LogP contribution in [0.3, 0.4) is 0 Å². The molecule has 2 N–H and O–H groups in total. The third-order valence-electron chi connectivity index (χ3n) is 7.56. The predicted molar refractivity (Wildman–Crippen MR) is 166 cm³/mol. The maximum absolute atomic E-state index is 13.3. The van der Waals surface area contributed by atoms with Gasteiger partial charge in [-0.1, -0.05) is 37.6 Å². The van der Waals surface area contributed by atoms with Gasteiger partial charge in [-0.25, -0.2) is 4.98 Å². The molecule has 1 saturated heterocycles. The van der Waals surface area contributed by atoms with E-state index < -0.39 is 0 Å². The summed E-state index contributed by atoms with van der Waals surface area (Å²) in [6.07, 6.45) is 6.20. The molecule has 218 valence electrons. The van der Waals surface area contributed by atoms with E-state index in [1.165, 1.54) is 10.1 Å². The lowest BCUT2D eigenvalue weighted by Gasteiger charge is -2.26. The van der Waals surface area contributed by atoms with E-state index >= 15 is 0 Å². The Labute approximate surface area is 246 Å². The first-order valence-electron chi connectivity index (χ1n) is 14.5. The summed E-state index contributed by atoms with van der Waals surface area (Å²) in [4.78, 5) is 37.8. The standard InChI is InChI=1S/C33H38N6O3/c1-4-5-10-29-27(9-7-16-34-29)32(40)37-28-11-6-8-26(23(28)2)30-22-38(3)33(41)31(36-30)35-25-14-12-24(13-15-25)21-39-17-19-42-20-18-39/h6-9,11-16,22H,4-5,10,17-21H2,1-3H3,(H,35,36)(H,37,40). The number of nitrogens with one attached hydrogen (secondary N) is 2. The molecular weight excluding hydrogens is 528 g/mol. The summed E-state index contributed by atoms with van der Waals surface area (Å²) < 4.78 is 6.96. The molecule has 9 nitrogen and oxygen atoms in total. The summed E-state index contributed by atoms with van der Waals surface area (Å²) in [7, 11) is 1.71. The number of hydrogen-bond acceptors (Lipinski definition) is 7. The molecule has 0 atom stereocenters. The third kappa shape index (κ3) is 6.92. The highest BCUT2D eigenvalue weighted by Crippen LogP contribution is 2.28. The molecule has 3 heterocycles. The second-order valence-corrected chi connectivity index (χ2v) is 10.6. The minimum atomic E-state index is -0.227. The number of ether oxygens (including phenoxy) is 1. The highest BCUT2D eigenvalue weighted by Gasteiger charge is 2.17. The molecule has 2 aromatic carbocycles. The zero-order valence-electron chi connectivity index (χ0n) is 24.5. The smallest absolute Gasteiger partial charge is 0.293 e. The van der Waals surface area contributed by atoms with Gasteiger partial charge in [0.15, 0.2) is 5.82 Å². The number of pyridine rings is 1. The number of anilines is 3. The van der Waals surface area contributed by atoms with Crippen molar-refractivity contribution >= 4 is 23.1 Å². The second kappa shape index (κ2) is 13.5. The predicted octanol–water partition coefficient (Wildman–Crippen LogP) is 5.32. The van der Waals surface area contributed by atoms with Gasteiger partial charge in [-0.2, -0.15) is 0 Å². The zero-order chi connectivity index (χ0) is 29.5. The van der Waals surface area contributed by atoms with E-state index in [0.29, 0.717) is 16.9 Å². The molecule has 9 heteroatoms. The molecule has 2 aromatic heterocycles. The topological polar surface area (TPSA) is 101 Å². The lowest BCUT2D eigenvalue weighted by molar-refractivity contribution is 0.0342. The molecule has 1 fully saturated rings. The van der Waals surface area contributed by atoms with Crippen molar-refractivity contribution < 1.29 is 9.53 Å². The monoisotopic (exact) mass is 566 g/mol. The minimum absolute atomic E-state index is 0.192. The number of aromatic nitrogens is 3. The van der Waals surface area contributed by atoms with E-state index in [-0.39, 0.29) is 17.3 Å². The Balaban J connectivity index is 1.35. The highest BCUT2D eigenvalue weighted by atomic mass is 16.5. The summed E-state index contributed by atoms with van der Waals surface area (Å²) in [5, 5.41) is 6.28. The van der Waals surface area contributed by atoms with Crippen LogP contribution in [-0.2, 0) is 24.8 Å². The van der Waals surface area contributed by atoms with E-state index in [1.807, 2.05) is 43.3 Å². The van der Waals surface area contributed by atoms with Crippen molar-refractivity contribution in [1.82, 2.24) is 19.4 Å². The molecule has 0 saturated carbocycles. The number of amides is 1. The first kappa shape index (κ1) is 29.2. The number of morpholine rings is 1. The Morgan fingerprint density at radius 1 is 1.05 bits per heavy atom. The normalized spacial score (nSPS) is 13.6. The van der Waals surface area contributed by atoms with Crippen molar-refractivity contribution in [3.8, 4) is 11.3 Å². The molecule has 0 aliphatic carbocycles. The Kier molecular flexibility index (Phi) is 9.41. The van der Waals surface area contributed by atoms with Crippen LogP contribution in [0.1, 0.15) is 46.9 Å². The van der Waals surface area contributed by atoms with E-state index in [0.717, 1.165) is 74.6 Å². The van der Waals surface area contributed by atoms with Gasteiger partial charge in [-0.3, -0.25) is 19.5 Å². The summed E-state index contributed by atoms with van der Waals surface area (Å²) >= 11 is 0. The first-order valence-corrected chi connectivity index (χ1v) is 14.5. The highest BCUT2D eigenvalue weighted by molar-refractivity contribution is 6.05. The molecule has 4 aromatic rings. The summed E-state index contributed by atoms with van der Waals surface area (Å²) in [6.45, 7) is 8.33. The molecular formula is C33H38N6O3. The van der Waals surface area contributed by atoms with Crippen LogP contribution in [-0.4, -0.2) is 51.6 Å². The third-order valence-corrected chi connectivity index (χ3v) is 7.56. The lowest BCUT2D eigenvalue weighted by atomic mass is 10.0. The van der Waals surface area contributed by atoms with E-state index in [9.17, 15) is 9.59 Å². The van der Waals surface area contributed by atoms with Crippen molar-refractivity contribution in [2.75, 3.05) is 36.9 Å². The van der Waals surface area contributed by atoms with Gasteiger partial charge in [-0.15, -0.1) is 0 Å². The van der Waals surface area contributed by atoms with Crippen LogP contribution in [0.4, 0.5) is 17.2 Å². The number of benzene rings is 2. The Morgan fingerprint density at radius 2 is 1.83 bits per heavy atom. The van der Waals surface area contributed by atoms with Crippen molar-refractivity contribution in [3.05, 3.63) is 99.7 Å². The molecule has 5 rings (SSSR count). The molecule has 0 unspecified atom stereocenters. The van der Waals surface area contributed by atoms with E-state index in [4.69, 9.17) is 9.72 Å². The fourth-order valence-corrected chi connectivity index (χ4v) is 5.09. The van der Waals surface area contributed by atoms with Gasteiger partial charge in [-0.05, 0) is 61.2 Å². The number of unbranched alkanes of at least 4 members (excludes halogenated alkanes) is 1. The van der Waals surface area contributed by atoms with Gasteiger partial charge in [0, 0.05) is 56.0 Å². The Bertz CT molecular complexity index is 1590. The van der Waals surface area contributed by atoms with Crippen LogP contribution in [0, 0.1) is 6.92 Å². The summed E-state index contributed by atoms with van der Waals surface area (Å²) in [6, 6.07) is 17.4. The maximum atomic E-state index is 13.3. The maximum Gasteiger partial charge on any atom is 0.293 e.